The lowest BCUT2D eigenvalue weighted by Crippen LogP contribution is -2.56. The fourth-order valence-electron chi connectivity index (χ4n) is 6.40. The van der Waals surface area contributed by atoms with Crippen molar-refractivity contribution in [3.63, 3.8) is 0 Å². The highest BCUT2D eigenvalue weighted by atomic mass is 32.2. The number of aliphatic hydroxyl groups excluding tert-OH is 1. The number of aryl methyl sites for hydroxylation is 1. The van der Waals surface area contributed by atoms with Crippen molar-refractivity contribution < 1.29 is 27.4 Å². The van der Waals surface area contributed by atoms with Gasteiger partial charge in [-0.05, 0) is 66.2 Å². The van der Waals surface area contributed by atoms with Crippen LogP contribution in [0.4, 0.5) is 14.9 Å². The van der Waals surface area contributed by atoms with E-state index in [0.29, 0.717) is 41.6 Å². The topological polar surface area (TPSA) is 104 Å². The highest BCUT2D eigenvalue weighted by Crippen LogP contribution is 2.50. The van der Waals surface area contributed by atoms with Gasteiger partial charge in [-0.1, -0.05) is 6.07 Å². The summed E-state index contributed by atoms with van der Waals surface area (Å²) < 4.78 is 49.5. The molecule has 216 valence electrons. The zero-order valence-corrected chi connectivity index (χ0v) is 24.3. The van der Waals surface area contributed by atoms with Gasteiger partial charge in [-0.3, -0.25) is 0 Å². The SMILES string of the molecule is COc1ccc2c3c(n(C)c2c1)[C@@H](CO)N(C(=O)Nc1ccc(F)cc1)CC31CCN(S(=O)(=O)c2cccs2)CC1. The average molecular weight is 599 g/mol. The Bertz CT molecular complexity index is 1700. The van der Waals surface area contributed by atoms with Crippen molar-refractivity contribution in [3.8, 4) is 5.75 Å². The Morgan fingerprint density at radius 3 is 2.54 bits per heavy atom. The van der Waals surface area contributed by atoms with E-state index in [-0.39, 0.29) is 13.2 Å². The Hall–Kier alpha value is -3.45. The first-order valence-corrected chi connectivity index (χ1v) is 15.6. The summed E-state index contributed by atoms with van der Waals surface area (Å²) in [6.45, 7) is 0.573. The molecule has 41 heavy (non-hydrogen) atoms. The molecule has 1 spiro atoms. The number of fused-ring (bicyclic) bond motifs is 4. The second-order valence-electron chi connectivity index (χ2n) is 10.6. The number of benzene rings is 2. The van der Waals surface area contributed by atoms with Crippen LogP contribution < -0.4 is 10.1 Å². The van der Waals surface area contributed by atoms with Crippen molar-refractivity contribution >= 4 is 44.0 Å². The molecule has 0 aliphatic carbocycles. The molecule has 0 radical (unpaired) electrons. The predicted molar refractivity (Wildman–Crippen MR) is 155 cm³/mol. The van der Waals surface area contributed by atoms with Crippen molar-refractivity contribution in [1.82, 2.24) is 13.8 Å². The van der Waals surface area contributed by atoms with Crippen LogP contribution in [0.15, 0.2) is 64.2 Å². The number of thiophene rings is 1. The number of anilines is 1. The summed E-state index contributed by atoms with van der Waals surface area (Å²) in [5.74, 6) is 0.279. The summed E-state index contributed by atoms with van der Waals surface area (Å²) in [6, 6.07) is 13.7. The van der Waals surface area contributed by atoms with E-state index in [0.717, 1.165) is 22.2 Å². The number of halogens is 1. The van der Waals surface area contributed by atoms with Gasteiger partial charge in [0, 0.05) is 54.9 Å². The number of nitrogens with zero attached hydrogens (tertiary/aromatic N) is 3. The van der Waals surface area contributed by atoms with Gasteiger partial charge in [-0.15, -0.1) is 11.3 Å². The van der Waals surface area contributed by atoms with Crippen molar-refractivity contribution in [1.29, 1.82) is 0 Å². The third-order valence-corrected chi connectivity index (χ3v) is 11.7. The van der Waals surface area contributed by atoms with Gasteiger partial charge in [0.15, 0.2) is 0 Å². The van der Waals surface area contributed by atoms with Gasteiger partial charge in [0.25, 0.3) is 10.0 Å². The predicted octanol–water partition coefficient (Wildman–Crippen LogP) is 4.69. The molecule has 2 aliphatic rings. The van der Waals surface area contributed by atoms with E-state index in [4.69, 9.17) is 4.74 Å². The summed E-state index contributed by atoms with van der Waals surface area (Å²) in [7, 11) is -0.105. The molecule has 4 aromatic rings. The molecule has 6 rings (SSSR count). The summed E-state index contributed by atoms with van der Waals surface area (Å²) in [5, 5.41) is 16.3. The highest BCUT2D eigenvalue weighted by Gasteiger charge is 2.50. The fraction of sp³-hybridized carbons (Fsp3) is 0.345. The van der Waals surface area contributed by atoms with Crippen molar-refractivity contribution in [3.05, 3.63) is 77.1 Å². The minimum absolute atomic E-state index is 0.288. The maximum absolute atomic E-state index is 13.7. The number of hydrogen-bond donors (Lipinski definition) is 2. The van der Waals surface area contributed by atoms with Gasteiger partial charge >= 0.3 is 6.03 Å². The number of aromatic nitrogens is 1. The van der Waals surface area contributed by atoms with Crippen LogP contribution in [0.2, 0.25) is 0 Å². The minimum atomic E-state index is -3.62. The summed E-state index contributed by atoms with van der Waals surface area (Å²) in [6.07, 6.45) is 0.989. The van der Waals surface area contributed by atoms with E-state index in [2.05, 4.69) is 5.32 Å². The zero-order chi connectivity index (χ0) is 28.9. The van der Waals surface area contributed by atoms with Crippen molar-refractivity contribution in [2.45, 2.75) is 28.5 Å². The highest BCUT2D eigenvalue weighted by molar-refractivity contribution is 7.91. The monoisotopic (exact) mass is 598 g/mol. The number of sulfonamides is 1. The van der Waals surface area contributed by atoms with Gasteiger partial charge in [-0.25, -0.2) is 17.6 Å². The third-order valence-electron chi connectivity index (χ3n) is 8.45. The van der Waals surface area contributed by atoms with Crippen LogP contribution in [0.1, 0.15) is 30.1 Å². The van der Waals surface area contributed by atoms with Crippen LogP contribution in [-0.2, 0) is 22.5 Å². The van der Waals surface area contributed by atoms with Crippen molar-refractivity contribution in [2.24, 2.45) is 7.05 Å². The van der Waals surface area contributed by atoms with Gasteiger partial charge < -0.3 is 24.6 Å². The quantitative estimate of drug-likeness (QED) is 0.347. The molecule has 2 N–H and O–H groups in total. The standard InChI is InChI=1S/C29H31FN4O5S2/c1-32-23-16-21(39-2)9-10-22(23)26-27(32)24(17-35)34(28(36)31-20-7-5-19(30)6-8-20)18-29(26)11-13-33(14-12-29)41(37,38)25-4-3-15-40-25/h3-10,15-16,24,35H,11-14,17-18H2,1-2H3,(H,31,36)/t24-/m1/s1. The lowest BCUT2D eigenvalue weighted by atomic mass is 9.68. The van der Waals surface area contributed by atoms with Crippen LogP contribution in [0, 0.1) is 5.82 Å². The molecule has 0 unspecified atom stereocenters. The van der Waals surface area contributed by atoms with E-state index in [1.54, 1.807) is 29.5 Å². The van der Waals surface area contributed by atoms with Gasteiger partial charge in [0.2, 0.25) is 0 Å². The van der Waals surface area contributed by atoms with Crippen LogP contribution in [-0.4, -0.2) is 66.7 Å². The van der Waals surface area contributed by atoms with Crippen LogP contribution in [0.25, 0.3) is 10.9 Å². The Morgan fingerprint density at radius 1 is 1.17 bits per heavy atom. The Morgan fingerprint density at radius 2 is 1.90 bits per heavy atom. The molecule has 2 amide bonds. The van der Waals surface area contributed by atoms with Gasteiger partial charge in [0.05, 0.1) is 25.3 Å². The molecular weight excluding hydrogens is 567 g/mol. The number of rotatable bonds is 5. The first kappa shape index (κ1) is 27.7. The Labute approximate surface area is 241 Å². The molecule has 2 aromatic carbocycles. The smallest absolute Gasteiger partial charge is 0.322 e. The number of carbonyl (C=O) groups is 1. The van der Waals surface area contributed by atoms with E-state index in [9.17, 15) is 22.7 Å². The lowest BCUT2D eigenvalue weighted by Gasteiger charge is -2.50. The number of hydrogen-bond acceptors (Lipinski definition) is 6. The zero-order valence-electron chi connectivity index (χ0n) is 22.7. The first-order valence-electron chi connectivity index (χ1n) is 13.3. The lowest BCUT2D eigenvalue weighted by molar-refractivity contribution is 0.0841. The molecule has 2 aliphatic heterocycles. The third kappa shape index (κ3) is 4.58. The first-order chi connectivity index (χ1) is 19.7. The maximum Gasteiger partial charge on any atom is 0.322 e. The number of methoxy groups -OCH3 is 1. The maximum atomic E-state index is 13.7. The van der Waals surface area contributed by atoms with E-state index < -0.39 is 33.3 Å². The van der Waals surface area contributed by atoms with Gasteiger partial charge in [-0.2, -0.15) is 4.31 Å². The molecule has 1 atom stereocenters. The molecule has 9 nitrogen and oxygen atoms in total. The molecular formula is C29H31FN4O5S2. The largest absolute Gasteiger partial charge is 0.497 e. The molecule has 0 bridgehead atoms. The van der Waals surface area contributed by atoms with Crippen molar-refractivity contribution in [2.75, 3.05) is 38.7 Å². The van der Waals surface area contributed by atoms with E-state index in [1.165, 1.54) is 39.9 Å². The number of urea groups is 1. The molecule has 4 heterocycles. The number of nitrogens with one attached hydrogen (secondary N) is 1. The Balaban J connectivity index is 1.43. The average Bonchev–Trinajstić information content (AvgIpc) is 3.63. The Kier molecular flexibility index (Phi) is 7.05. The minimum Gasteiger partial charge on any atom is -0.497 e. The fourth-order valence-corrected chi connectivity index (χ4v) is 8.99. The molecule has 1 saturated heterocycles. The second kappa shape index (κ2) is 10.4. The summed E-state index contributed by atoms with van der Waals surface area (Å²) >= 11 is 1.20. The molecule has 12 heteroatoms. The van der Waals surface area contributed by atoms with Gasteiger partial charge in [0.1, 0.15) is 15.8 Å². The van der Waals surface area contributed by atoms with Crippen LogP contribution in [0.5, 0.6) is 5.75 Å². The molecule has 0 saturated carbocycles. The molecule has 2 aromatic heterocycles. The normalized spacial score (nSPS) is 18.9. The van der Waals surface area contributed by atoms with E-state index >= 15 is 0 Å². The number of piperidine rings is 1. The molecule has 1 fully saturated rings. The summed E-state index contributed by atoms with van der Waals surface area (Å²) in [5.41, 5.74) is 2.63. The number of carbonyl (C=O) groups excluding carboxylic acids is 1. The number of aliphatic hydroxyl groups is 1. The number of amides is 2. The van der Waals surface area contributed by atoms with Crippen LogP contribution >= 0.6 is 11.3 Å². The number of ether oxygens (including phenoxy) is 1. The second-order valence-corrected chi connectivity index (χ2v) is 13.7. The van der Waals surface area contributed by atoms with Crippen LogP contribution in [0.3, 0.4) is 0 Å². The summed E-state index contributed by atoms with van der Waals surface area (Å²) in [4.78, 5) is 15.4. The van der Waals surface area contributed by atoms with E-state index in [1.807, 2.05) is 29.8 Å².